The fourth-order valence-corrected chi connectivity index (χ4v) is 2.23. The molecule has 1 fully saturated rings. The number of ether oxygens (including phenoxy) is 1. The molecule has 8 heteroatoms. The van der Waals surface area contributed by atoms with Crippen LogP contribution >= 0.6 is 0 Å². The number of carbonyl (C=O) groups is 2. The second kappa shape index (κ2) is 7.72. The summed E-state index contributed by atoms with van der Waals surface area (Å²) in [5, 5.41) is 13.8. The molecule has 0 atom stereocenters. The molecule has 1 aliphatic rings. The summed E-state index contributed by atoms with van der Waals surface area (Å²) < 4.78 is 6.54. The second-order valence-electron chi connectivity index (χ2n) is 4.88. The highest BCUT2D eigenvalue weighted by molar-refractivity contribution is 5.92. The minimum Gasteiger partial charge on any atom is -0.466 e. The molecule has 0 radical (unpaired) electrons. The Labute approximate surface area is 123 Å². The van der Waals surface area contributed by atoms with Crippen LogP contribution in [0.3, 0.4) is 0 Å². The Balaban J connectivity index is 1.80. The molecule has 1 aromatic heterocycles. The fourth-order valence-electron chi connectivity index (χ4n) is 2.23. The molecule has 21 heavy (non-hydrogen) atoms. The Bertz CT molecular complexity index is 482. The van der Waals surface area contributed by atoms with Crippen molar-refractivity contribution in [1.82, 2.24) is 25.6 Å². The molecule has 1 aromatic rings. The molecule has 0 bridgehead atoms. The van der Waals surface area contributed by atoms with E-state index in [4.69, 9.17) is 4.74 Å². The maximum Gasteiger partial charge on any atom is 0.307 e. The molecule has 2 rings (SSSR count). The zero-order valence-corrected chi connectivity index (χ0v) is 12.2. The van der Waals surface area contributed by atoms with Gasteiger partial charge in [-0.25, -0.2) is 4.68 Å². The van der Waals surface area contributed by atoms with Gasteiger partial charge in [-0.2, -0.15) is 0 Å². The van der Waals surface area contributed by atoms with E-state index in [0.29, 0.717) is 12.6 Å². The third-order valence-corrected chi connectivity index (χ3v) is 3.35. The van der Waals surface area contributed by atoms with Gasteiger partial charge < -0.3 is 15.4 Å². The van der Waals surface area contributed by atoms with Crippen molar-refractivity contribution in [2.45, 2.75) is 32.2 Å². The summed E-state index contributed by atoms with van der Waals surface area (Å²) in [6, 6.07) is 0.292. The Hall–Kier alpha value is -1.96. The van der Waals surface area contributed by atoms with E-state index in [-0.39, 0.29) is 30.5 Å². The first-order chi connectivity index (χ1) is 10.2. The molecular weight excluding hydrogens is 274 g/mol. The van der Waals surface area contributed by atoms with Crippen molar-refractivity contribution in [3.63, 3.8) is 0 Å². The van der Waals surface area contributed by atoms with E-state index in [1.54, 1.807) is 17.8 Å². The average molecular weight is 295 g/mol. The van der Waals surface area contributed by atoms with Crippen molar-refractivity contribution in [3.05, 3.63) is 11.9 Å². The van der Waals surface area contributed by atoms with E-state index in [1.165, 1.54) is 0 Å². The molecule has 1 saturated heterocycles. The summed E-state index contributed by atoms with van der Waals surface area (Å²) in [4.78, 5) is 23.0. The zero-order valence-electron chi connectivity index (χ0n) is 12.2. The van der Waals surface area contributed by atoms with Gasteiger partial charge in [0.05, 0.1) is 25.3 Å². The molecule has 2 N–H and O–H groups in total. The van der Waals surface area contributed by atoms with E-state index >= 15 is 0 Å². The van der Waals surface area contributed by atoms with E-state index in [1.807, 2.05) is 0 Å². The topological polar surface area (TPSA) is 98.1 Å². The number of esters is 1. The largest absolute Gasteiger partial charge is 0.466 e. The molecule has 116 valence electrons. The van der Waals surface area contributed by atoms with E-state index in [2.05, 4.69) is 20.9 Å². The summed E-state index contributed by atoms with van der Waals surface area (Å²) in [5.74, 6) is -0.643. The van der Waals surface area contributed by atoms with Crippen molar-refractivity contribution in [1.29, 1.82) is 0 Å². The molecule has 1 aliphatic heterocycles. The summed E-state index contributed by atoms with van der Waals surface area (Å²) in [7, 11) is 0. The summed E-state index contributed by atoms with van der Waals surface area (Å²) in [5.41, 5.74) is 0.275. The lowest BCUT2D eigenvalue weighted by molar-refractivity contribution is -0.142. The highest BCUT2D eigenvalue weighted by Gasteiger charge is 2.18. The van der Waals surface area contributed by atoms with Crippen LogP contribution in [0.15, 0.2) is 6.20 Å². The molecule has 0 unspecified atom stereocenters. The monoisotopic (exact) mass is 295 g/mol. The van der Waals surface area contributed by atoms with Crippen LogP contribution in [0.1, 0.15) is 42.7 Å². The number of rotatable bonds is 6. The highest BCUT2D eigenvalue weighted by Crippen LogP contribution is 2.16. The quantitative estimate of drug-likeness (QED) is 0.710. The second-order valence-corrected chi connectivity index (χ2v) is 4.88. The van der Waals surface area contributed by atoms with E-state index in [9.17, 15) is 9.59 Å². The summed E-state index contributed by atoms with van der Waals surface area (Å²) in [6.45, 7) is 4.22. The highest BCUT2D eigenvalue weighted by atomic mass is 16.5. The van der Waals surface area contributed by atoms with Crippen LogP contribution in [0.25, 0.3) is 0 Å². The number of amides is 1. The molecule has 0 spiro atoms. The molecule has 2 heterocycles. The Morgan fingerprint density at radius 3 is 2.95 bits per heavy atom. The number of carbonyl (C=O) groups excluding carboxylic acids is 2. The van der Waals surface area contributed by atoms with Crippen LogP contribution in [0.4, 0.5) is 0 Å². The van der Waals surface area contributed by atoms with Crippen LogP contribution in [0.2, 0.25) is 0 Å². The van der Waals surface area contributed by atoms with Crippen molar-refractivity contribution < 1.29 is 14.3 Å². The average Bonchev–Trinajstić information content (AvgIpc) is 2.98. The van der Waals surface area contributed by atoms with Gasteiger partial charge in [-0.1, -0.05) is 5.21 Å². The first-order valence-corrected chi connectivity index (χ1v) is 7.27. The lowest BCUT2D eigenvalue weighted by atomic mass is 10.1. The maximum atomic E-state index is 11.9. The Morgan fingerprint density at radius 1 is 1.48 bits per heavy atom. The third kappa shape index (κ3) is 4.52. The minimum absolute atomic E-state index is 0.155. The van der Waals surface area contributed by atoms with Crippen LogP contribution in [-0.4, -0.2) is 53.1 Å². The summed E-state index contributed by atoms with van der Waals surface area (Å²) in [6.07, 6.45) is 3.78. The molecule has 1 amide bonds. The number of piperidine rings is 1. The van der Waals surface area contributed by atoms with Gasteiger partial charge in [0.15, 0.2) is 5.69 Å². The lowest BCUT2D eigenvalue weighted by Gasteiger charge is -2.22. The molecular formula is C13H21N5O3. The van der Waals surface area contributed by atoms with Gasteiger partial charge in [0, 0.05) is 6.54 Å². The molecule has 0 aromatic carbocycles. The number of nitrogens with zero attached hydrogens (tertiary/aromatic N) is 3. The maximum absolute atomic E-state index is 11.9. The fraction of sp³-hybridized carbons (Fsp3) is 0.692. The minimum atomic E-state index is -0.323. The van der Waals surface area contributed by atoms with Gasteiger partial charge in [0.2, 0.25) is 0 Å². The lowest BCUT2D eigenvalue weighted by Crippen LogP contribution is -2.29. The number of hydrogen-bond donors (Lipinski definition) is 2. The predicted octanol–water partition coefficient (Wildman–Crippen LogP) is -0.114. The standard InChI is InChI=1S/C13H21N5O3/c1-2-21-12(19)5-8-15-13(20)11-9-18(17-16-11)10-3-6-14-7-4-10/h9-10,14H,2-8H2,1H3,(H,15,20). The molecule has 0 saturated carbocycles. The van der Waals surface area contributed by atoms with Crippen molar-refractivity contribution in [3.8, 4) is 0 Å². The van der Waals surface area contributed by atoms with E-state index < -0.39 is 0 Å². The van der Waals surface area contributed by atoms with Gasteiger partial charge in [-0.05, 0) is 32.9 Å². The predicted molar refractivity (Wildman–Crippen MR) is 74.7 cm³/mol. The van der Waals surface area contributed by atoms with Crippen molar-refractivity contribution in [2.24, 2.45) is 0 Å². The number of aromatic nitrogens is 3. The number of nitrogens with one attached hydrogen (secondary N) is 2. The summed E-state index contributed by atoms with van der Waals surface area (Å²) >= 11 is 0. The van der Waals surface area contributed by atoms with Crippen molar-refractivity contribution >= 4 is 11.9 Å². The third-order valence-electron chi connectivity index (χ3n) is 3.35. The zero-order chi connectivity index (χ0) is 15.1. The SMILES string of the molecule is CCOC(=O)CCNC(=O)c1cn(C2CCNCC2)nn1. The number of hydrogen-bond acceptors (Lipinski definition) is 6. The molecule has 8 nitrogen and oxygen atoms in total. The normalized spacial score (nSPS) is 15.7. The first-order valence-electron chi connectivity index (χ1n) is 7.27. The van der Waals surface area contributed by atoms with Crippen LogP contribution < -0.4 is 10.6 Å². The first kappa shape index (κ1) is 15.4. The van der Waals surface area contributed by atoms with Gasteiger partial charge >= 0.3 is 5.97 Å². The smallest absolute Gasteiger partial charge is 0.307 e. The van der Waals surface area contributed by atoms with Crippen LogP contribution in [0, 0.1) is 0 Å². The van der Waals surface area contributed by atoms with Crippen LogP contribution in [-0.2, 0) is 9.53 Å². The van der Waals surface area contributed by atoms with Crippen LogP contribution in [0.5, 0.6) is 0 Å². The molecule has 0 aliphatic carbocycles. The van der Waals surface area contributed by atoms with Gasteiger partial charge in [0.25, 0.3) is 5.91 Å². The van der Waals surface area contributed by atoms with Crippen molar-refractivity contribution in [2.75, 3.05) is 26.2 Å². The Kier molecular flexibility index (Phi) is 5.68. The van der Waals surface area contributed by atoms with Gasteiger partial charge in [-0.3, -0.25) is 9.59 Å². The Morgan fingerprint density at radius 2 is 2.24 bits per heavy atom. The van der Waals surface area contributed by atoms with Gasteiger partial charge in [-0.15, -0.1) is 5.10 Å². The van der Waals surface area contributed by atoms with E-state index in [0.717, 1.165) is 25.9 Å². The van der Waals surface area contributed by atoms with Gasteiger partial charge in [0.1, 0.15) is 0 Å².